The predicted molar refractivity (Wildman–Crippen MR) is 191 cm³/mol. The van der Waals surface area contributed by atoms with E-state index < -0.39 is 96.1 Å². The van der Waals surface area contributed by atoms with Crippen molar-refractivity contribution in [1.29, 1.82) is 0 Å². The first-order valence-electron chi connectivity index (χ1n) is 17.5. The summed E-state index contributed by atoms with van der Waals surface area (Å²) in [5, 5.41) is 7.85. The zero-order valence-electron chi connectivity index (χ0n) is 31.8. The number of benzene rings is 1. The smallest absolute Gasteiger partial charge is 0.408 e. The first-order chi connectivity index (χ1) is 25.8. The largest absolute Gasteiger partial charge is 0.464 e. The number of aromatic nitrogens is 2. The number of carbonyl (C=O) groups is 6. The highest BCUT2D eigenvalue weighted by Gasteiger charge is 2.54. The molecule has 0 unspecified atom stereocenters. The lowest BCUT2D eigenvalue weighted by molar-refractivity contribution is -0.166. The van der Waals surface area contributed by atoms with E-state index in [1.165, 1.54) is 6.92 Å². The highest BCUT2D eigenvalue weighted by atomic mass is 16.6. The summed E-state index contributed by atoms with van der Waals surface area (Å²) in [6.45, 7) is 9.29. The topological polar surface area (TPSA) is 249 Å². The predicted octanol–water partition coefficient (Wildman–Crippen LogP) is 1.64. The Bertz CT molecular complexity index is 1790. The van der Waals surface area contributed by atoms with Crippen molar-refractivity contribution in [3.05, 3.63) is 68.5 Å². The van der Waals surface area contributed by atoms with Crippen LogP contribution < -0.4 is 27.2 Å². The molecular formula is C36H49N5O14. The van der Waals surface area contributed by atoms with Gasteiger partial charge in [0.1, 0.15) is 31.0 Å². The number of carbonyl (C=O) groups excluding carboxylic acids is 6. The third kappa shape index (κ3) is 14.2. The number of H-pyrrole nitrogens is 1. The first-order valence-corrected chi connectivity index (χ1v) is 17.5. The molecule has 1 aromatic heterocycles. The normalized spacial score (nSPS) is 18.9. The van der Waals surface area contributed by atoms with Crippen LogP contribution in [0.4, 0.5) is 9.59 Å². The number of rotatable bonds is 16. The Kier molecular flexibility index (Phi) is 16.0. The Hall–Kier alpha value is -5.72. The minimum atomic E-state index is -1.50. The molecule has 1 aliphatic heterocycles. The van der Waals surface area contributed by atoms with Crippen LogP contribution in [0.1, 0.15) is 78.2 Å². The second-order valence-corrected chi connectivity index (χ2v) is 13.7. The molecule has 0 spiro atoms. The van der Waals surface area contributed by atoms with E-state index in [1.54, 1.807) is 20.8 Å². The van der Waals surface area contributed by atoms with E-state index in [4.69, 9.17) is 28.4 Å². The van der Waals surface area contributed by atoms with E-state index in [-0.39, 0.29) is 25.1 Å². The quantitative estimate of drug-likeness (QED) is 0.108. The lowest BCUT2D eigenvalue weighted by atomic mass is 10.0. The van der Waals surface area contributed by atoms with Gasteiger partial charge >= 0.3 is 35.8 Å². The van der Waals surface area contributed by atoms with Gasteiger partial charge in [0.05, 0.1) is 6.04 Å². The van der Waals surface area contributed by atoms with E-state index in [0.29, 0.717) is 12.8 Å². The molecule has 19 nitrogen and oxygen atoms in total. The van der Waals surface area contributed by atoms with E-state index in [1.807, 2.05) is 30.3 Å². The van der Waals surface area contributed by atoms with Crippen molar-refractivity contribution in [2.24, 2.45) is 0 Å². The van der Waals surface area contributed by atoms with Crippen LogP contribution in [0.25, 0.3) is 0 Å². The lowest BCUT2D eigenvalue weighted by Gasteiger charge is -2.30. The van der Waals surface area contributed by atoms with Gasteiger partial charge in [-0.1, -0.05) is 30.3 Å². The number of nitrogens with one attached hydrogen (secondary N) is 4. The maximum atomic E-state index is 14.0. The summed E-state index contributed by atoms with van der Waals surface area (Å²) in [6.07, 6.45) is -5.59. The standard InChI is InChI=1S/C36H49N5O14/c1-20-17-41(33(47)40-30(20)45)32-29(53-23(4)44)28(52-22(3)43)27(54-32)26(19-50-21(2)42)38-31(46)25(39-35(49)55-36(5,6)7)15-11-12-16-37-34(48)51-18-24-13-9-8-10-14-24/h8-10,13-14,17,25-29,32H,11-12,15-16,18-19H2,1-7H3,(H,37,48)(H,38,46)(H,39,49)(H,40,45,47)/t25-,26+,27+,28+,29+,32+/m0/s1. The summed E-state index contributed by atoms with van der Waals surface area (Å²) in [5.41, 5.74) is -1.63. The van der Waals surface area contributed by atoms with Crippen LogP contribution in [-0.4, -0.2) is 94.7 Å². The highest BCUT2D eigenvalue weighted by Crippen LogP contribution is 2.35. The molecule has 0 bridgehead atoms. The Morgan fingerprint density at radius 1 is 0.873 bits per heavy atom. The van der Waals surface area contributed by atoms with Crippen molar-refractivity contribution in [1.82, 2.24) is 25.5 Å². The number of hydrogen-bond acceptors (Lipinski definition) is 14. The van der Waals surface area contributed by atoms with E-state index >= 15 is 0 Å². The zero-order valence-corrected chi connectivity index (χ0v) is 31.8. The Labute approximate surface area is 316 Å². The van der Waals surface area contributed by atoms with Crippen molar-refractivity contribution in [2.45, 2.75) is 117 Å². The summed E-state index contributed by atoms with van der Waals surface area (Å²) in [4.78, 5) is 103. The molecule has 302 valence electrons. The fraction of sp³-hybridized carbons (Fsp3) is 0.556. The molecule has 2 heterocycles. The maximum Gasteiger partial charge on any atom is 0.408 e. The van der Waals surface area contributed by atoms with Gasteiger partial charge in [-0.25, -0.2) is 14.4 Å². The number of aryl methyl sites for hydroxylation is 1. The molecule has 0 aliphatic carbocycles. The summed E-state index contributed by atoms with van der Waals surface area (Å²) in [7, 11) is 0. The molecule has 4 N–H and O–H groups in total. The van der Waals surface area contributed by atoms with Gasteiger partial charge in [0.25, 0.3) is 5.56 Å². The summed E-state index contributed by atoms with van der Waals surface area (Å²) in [6, 6.07) is 6.51. The molecule has 3 rings (SSSR count). The van der Waals surface area contributed by atoms with E-state index in [2.05, 4.69) is 20.9 Å². The van der Waals surface area contributed by atoms with E-state index in [9.17, 15) is 38.4 Å². The average Bonchev–Trinajstić information content (AvgIpc) is 3.41. The Balaban J connectivity index is 1.86. The second kappa shape index (κ2) is 20.1. The van der Waals surface area contributed by atoms with Crippen molar-refractivity contribution < 1.29 is 57.2 Å². The maximum absolute atomic E-state index is 14.0. The van der Waals surface area contributed by atoms with Crippen LogP contribution in [0.2, 0.25) is 0 Å². The van der Waals surface area contributed by atoms with Crippen molar-refractivity contribution >= 4 is 36.0 Å². The van der Waals surface area contributed by atoms with Gasteiger partial charge in [-0.3, -0.25) is 33.5 Å². The van der Waals surface area contributed by atoms with Gasteiger partial charge in [0.2, 0.25) is 5.91 Å². The number of esters is 3. The number of aromatic amines is 1. The number of hydrogen-bond donors (Lipinski definition) is 4. The summed E-state index contributed by atoms with van der Waals surface area (Å²) >= 11 is 0. The summed E-state index contributed by atoms with van der Waals surface area (Å²) < 4.78 is 33.9. The number of nitrogens with zero attached hydrogens (tertiary/aromatic N) is 1. The molecule has 0 radical (unpaired) electrons. The fourth-order valence-corrected chi connectivity index (χ4v) is 5.50. The minimum Gasteiger partial charge on any atom is -0.464 e. The molecule has 55 heavy (non-hydrogen) atoms. The SMILES string of the molecule is CC(=O)OC[C@@H](NC(=O)[C@H](CCCCNC(=O)OCc1ccccc1)NC(=O)OC(C)(C)C)[C@H]1O[C@@H](n2cc(C)c(=O)[nH]c2=O)[C@H](OC(C)=O)[C@@H]1OC(C)=O. The Morgan fingerprint density at radius 3 is 2.15 bits per heavy atom. The van der Waals surface area contributed by atoms with Gasteiger partial charge in [0, 0.05) is 39.1 Å². The molecule has 1 fully saturated rings. The molecular weight excluding hydrogens is 726 g/mol. The van der Waals surface area contributed by atoms with Gasteiger partial charge in [0.15, 0.2) is 18.4 Å². The second-order valence-electron chi connectivity index (χ2n) is 13.7. The third-order valence-electron chi connectivity index (χ3n) is 7.85. The number of alkyl carbamates (subject to hydrolysis) is 2. The van der Waals surface area contributed by atoms with Gasteiger partial charge in [-0.2, -0.15) is 0 Å². The first kappa shape index (κ1) is 43.7. The average molecular weight is 776 g/mol. The number of amides is 3. The molecule has 19 heteroatoms. The third-order valence-corrected chi connectivity index (χ3v) is 7.85. The Morgan fingerprint density at radius 2 is 1.53 bits per heavy atom. The molecule has 2 aromatic rings. The monoisotopic (exact) mass is 775 g/mol. The lowest BCUT2D eigenvalue weighted by Crippen LogP contribution is -2.57. The fourth-order valence-electron chi connectivity index (χ4n) is 5.50. The molecule has 1 saturated heterocycles. The van der Waals surface area contributed by atoms with Crippen molar-refractivity contribution in [3.8, 4) is 0 Å². The van der Waals surface area contributed by atoms with Crippen LogP contribution in [0.3, 0.4) is 0 Å². The van der Waals surface area contributed by atoms with Crippen LogP contribution in [0, 0.1) is 6.92 Å². The van der Waals surface area contributed by atoms with Crippen LogP contribution in [0.15, 0.2) is 46.1 Å². The molecule has 6 atom stereocenters. The van der Waals surface area contributed by atoms with Gasteiger partial charge in [-0.15, -0.1) is 0 Å². The van der Waals surface area contributed by atoms with Gasteiger partial charge in [-0.05, 0) is 52.5 Å². The van der Waals surface area contributed by atoms with Crippen molar-refractivity contribution in [2.75, 3.05) is 13.2 Å². The molecule has 1 aliphatic rings. The number of ether oxygens (including phenoxy) is 6. The zero-order chi connectivity index (χ0) is 40.9. The van der Waals surface area contributed by atoms with Gasteiger partial charge < -0.3 is 44.4 Å². The van der Waals surface area contributed by atoms with Crippen molar-refractivity contribution in [3.63, 3.8) is 0 Å². The summed E-state index contributed by atoms with van der Waals surface area (Å²) in [5.74, 6) is -3.24. The van der Waals surface area contributed by atoms with Crippen LogP contribution in [0.5, 0.6) is 0 Å². The number of unbranched alkanes of at least 4 members (excludes halogenated alkanes) is 1. The molecule has 3 amide bonds. The molecule has 0 saturated carbocycles. The molecule has 1 aromatic carbocycles. The highest BCUT2D eigenvalue weighted by molar-refractivity contribution is 5.86. The minimum absolute atomic E-state index is 0.0375. The van der Waals surface area contributed by atoms with Crippen LogP contribution >= 0.6 is 0 Å². The van der Waals surface area contributed by atoms with Crippen LogP contribution in [-0.2, 0) is 54.2 Å². The van der Waals surface area contributed by atoms with E-state index in [0.717, 1.165) is 37.1 Å².